The quantitative estimate of drug-likeness (QED) is 0.815. The first-order chi connectivity index (χ1) is 9.06. The number of hydrogen-bond acceptors (Lipinski definition) is 4. The summed E-state index contributed by atoms with van der Waals surface area (Å²) in [6.45, 7) is 0.618. The van der Waals surface area contributed by atoms with E-state index in [0.29, 0.717) is 17.4 Å². The molecule has 0 saturated heterocycles. The molecule has 3 N–H and O–H groups in total. The lowest BCUT2D eigenvalue weighted by Gasteiger charge is -2.18. The lowest BCUT2D eigenvalue weighted by molar-refractivity contribution is 0.886. The number of rotatable bonds is 4. The van der Waals surface area contributed by atoms with Crippen LogP contribution >= 0.6 is 12.2 Å². The van der Waals surface area contributed by atoms with Crippen molar-refractivity contribution in [3.05, 3.63) is 58.1 Å². The zero-order chi connectivity index (χ0) is 13.8. The fraction of sp³-hybridized carbons (Fsp3) is 0.154. The summed E-state index contributed by atoms with van der Waals surface area (Å²) in [5.74, 6) is 0.615. The number of hydrogen-bond donors (Lipinski definition) is 2. The molecule has 19 heavy (non-hydrogen) atoms. The van der Waals surface area contributed by atoms with E-state index in [1.54, 1.807) is 0 Å². The van der Waals surface area contributed by atoms with Gasteiger partial charge in [0.05, 0.1) is 6.33 Å². The number of benzene rings is 1. The minimum atomic E-state index is -0.172. The van der Waals surface area contributed by atoms with Gasteiger partial charge in [0.25, 0.3) is 5.56 Å². The maximum absolute atomic E-state index is 11.2. The number of aromatic amines is 1. The fourth-order valence-corrected chi connectivity index (χ4v) is 1.87. The van der Waals surface area contributed by atoms with Gasteiger partial charge in [-0.2, -0.15) is 0 Å². The summed E-state index contributed by atoms with van der Waals surface area (Å²) >= 11 is 4.95. The van der Waals surface area contributed by atoms with Crippen LogP contribution in [0.3, 0.4) is 0 Å². The highest BCUT2D eigenvalue weighted by Gasteiger charge is 2.05. The molecule has 1 aromatic carbocycles. The average Bonchev–Trinajstić information content (AvgIpc) is 2.39. The first-order valence-electron chi connectivity index (χ1n) is 5.71. The van der Waals surface area contributed by atoms with Crippen LogP contribution in [0.25, 0.3) is 0 Å². The van der Waals surface area contributed by atoms with Crippen molar-refractivity contribution in [3.8, 4) is 0 Å². The highest BCUT2D eigenvalue weighted by molar-refractivity contribution is 7.80. The zero-order valence-corrected chi connectivity index (χ0v) is 11.3. The van der Waals surface area contributed by atoms with Gasteiger partial charge in [0.1, 0.15) is 10.8 Å². The van der Waals surface area contributed by atoms with Crippen LogP contribution in [-0.4, -0.2) is 22.0 Å². The molecule has 0 radical (unpaired) electrons. The summed E-state index contributed by atoms with van der Waals surface area (Å²) in [5.41, 5.74) is 7.32. The lowest BCUT2D eigenvalue weighted by atomic mass is 10.1. The second-order valence-electron chi connectivity index (χ2n) is 4.19. The smallest absolute Gasteiger partial charge is 0.252 e. The SMILES string of the molecule is CN(Cc1cccc(C(N)=S)c1)c1cc(=O)[nH]cn1. The van der Waals surface area contributed by atoms with Crippen molar-refractivity contribution in [2.24, 2.45) is 5.73 Å². The Kier molecular flexibility index (Phi) is 3.91. The molecule has 0 bridgehead atoms. The van der Waals surface area contributed by atoms with Crippen molar-refractivity contribution in [2.45, 2.75) is 6.54 Å². The summed E-state index contributed by atoms with van der Waals surface area (Å²) in [6, 6.07) is 9.15. The molecule has 0 spiro atoms. The topological polar surface area (TPSA) is 75.0 Å². The van der Waals surface area contributed by atoms with Crippen LogP contribution in [0, 0.1) is 0 Å². The van der Waals surface area contributed by atoms with Crippen molar-refractivity contribution >= 4 is 23.0 Å². The van der Waals surface area contributed by atoms with E-state index in [2.05, 4.69) is 9.97 Å². The van der Waals surface area contributed by atoms with Gasteiger partial charge in [0.15, 0.2) is 0 Å². The minimum Gasteiger partial charge on any atom is -0.389 e. The summed E-state index contributed by atoms with van der Waals surface area (Å²) in [4.78, 5) is 20.1. The third-order valence-electron chi connectivity index (χ3n) is 2.69. The van der Waals surface area contributed by atoms with E-state index in [4.69, 9.17) is 18.0 Å². The van der Waals surface area contributed by atoms with Gasteiger partial charge < -0.3 is 15.6 Å². The predicted octanol–water partition coefficient (Wildman–Crippen LogP) is 1.04. The molecule has 0 amide bonds. The Balaban J connectivity index is 2.19. The third kappa shape index (κ3) is 3.38. The van der Waals surface area contributed by atoms with Gasteiger partial charge in [-0.15, -0.1) is 0 Å². The van der Waals surface area contributed by atoms with Crippen LogP contribution in [0.5, 0.6) is 0 Å². The molecule has 2 aromatic rings. The molecule has 2 rings (SSSR count). The molecule has 0 aliphatic carbocycles. The normalized spacial score (nSPS) is 10.2. The van der Waals surface area contributed by atoms with Crippen LogP contribution in [0.1, 0.15) is 11.1 Å². The maximum atomic E-state index is 11.2. The number of thiocarbonyl (C=S) groups is 1. The summed E-state index contributed by atoms with van der Waals surface area (Å²) in [7, 11) is 1.87. The highest BCUT2D eigenvalue weighted by atomic mass is 32.1. The maximum Gasteiger partial charge on any atom is 0.252 e. The van der Waals surface area contributed by atoms with Gasteiger partial charge in [0.2, 0.25) is 0 Å². The Morgan fingerprint density at radius 1 is 1.47 bits per heavy atom. The van der Waals surface area contributed by atoms with E-state index in [9.17, 15) is 4.79 Å². The predicted molar refractivity (Wildman–Crippen MR) is 79.3 cm³/mol. The summed E-state index contributed by atoms with van der Waals surface area (Å²) in [5, 5.41) is 0. The molecule has 6 heteroatoms. The molecule has 0 fully saturated rings. The number of nitrogens with two attached hydrogens (primary N) is 1. The van der Waals surface area contributed by atoms with E-state index in [1.165, 1.54) is 12.4 Å². The van der Waals surface area contributed by atoms with E-state index < -0.39 is 0 Å². The Bertz CT molecular complexity index is 653. The molecule has 1 heterocycles. The van der Waals surface area contributed by atoms with Crippen LogP contribution in [0.4, 0.5) is 5.82 Å². The van der Waals surface area contributed by atoms with Gasteiger partial charge in [-0.05, 0) is 11.6 Å². The van der Waals surface area contributed by atoms with Gasteiger partial charge >= 0.3 is 0 Å². The van der Waals surface area contributed by atoms with Crippen molar-refractivity contribution in [1.82, 2.24) is 9.97 Å². The minimum absolute atomic E-state index is 0.172. The van der Waals surface area contributed by atoms with Crippen molar-refractivity contribution in [3.63, 3.8) is 0 Å². The van der Waals surface area contributed by atoms with Crippen molar-refractivity contribution in [1.29, 1.82) is 0 Å². The Morgan fingerprint density at radius 3 is 2.95 bits per heavy atom. The van der Waals surface area contributed by atoms with Gasteiger partial charge in [-0.1, -0.05) is 30.4 Å². The van der Waals surface area contributed by atoms with Crippen LogP contribution < -0.4 is 16.2 Å². The monoisotopic (exact) mass is 274 g/mol. The Morgan fingerprint density at radius 2 is 2.26 bits per heavy atom. The lowest BCUT2D eigenvalue weighted by Crippen LogP contribution is -2.20. The third-order valence-corrected chi connectivity index (χ3v) is 2.92. The first-order valence-corrected chi connectivity index (χ1v) is 6.11. The molecule has 0 aliphatic rings. The van der Waals surface area contributed by atoms with Crippen molar-refractivity contribution in [2.75, 3.05) is 11.9 Å². The van der Waals surface area contributed by atoms with Crippen LogP contribution in [0.15, 0.2) is 41.5 Å². The van der Waals surface area contributed by atoms with Crippen molar-refractivity contribution < 1.29 is 0 Å². The molecule has 1 aromatic heterocycles. The van der Waals surface area contributed by atoms with Crippen LogP contribution in [0.2, 0.25) is 0 Å². The molecular formula is C13H14N4OS. The van der Waals surface area contributed by atoms with E-state index >= 15 is 0 Å². The molecule has 0 saturated carbocycles. The molecule has 98 valence electrons. The molecule has 0 atom stereocenters. The number of anilines is 1. The molecule has 0 aliphatic heterocycles. The number of H-pyrrole nitrogens is 1. The van der Waals surface area contributed by atoms with E-state index in [1.807, 2.05) is 36.2 Å². The second-order valence-corrected chi connectivity index (χ2v) is 4.63. The number of nitrogens with zero attached hydrogens (tertiary/aromatic N) is 2. The largest absolute Gasteiger partial charge is 0.389 e. The fourth-order valence-electron chi connectivity index (χ4n) is 1.74. The highest BCUT2D eigenvalue weighted by Crippen LogP contribution is 2.11. The second kappa shape index (κ2) is 5.62. The number of nitrogens with one attached hydrogen (secondary N) is 1. The summed E-state index contributed by atoms with van der Waals surface area (Å²) < 4.78 is 0. The number of aromatic nitrogens is 2. The average molecular weight is 274 g/mol. The Labute approximate surface area is 116 Å². The molecular weight excluding hydrogens is 260 g/mol. The summed E-state index contributed by atoms with van der Waals surface area (Å²) in [6.07, 6.45) is 1.39. The first kappa shape index (κ1) is 13.2. The van der Waals surface area contributed by atoms with E-state index in [-0.39, 0.29) is 5.56 Å². The molecule has 0 unspecified atom stereocenters. The van der Waals surface area contributed by atoms with Gasteiger partial charge in [0, 0.05) is 25.2 Å². The standard InChI is InChI=1S/C13H14N4OS/c1-17(11-6-12(18)16-8-15-11)7-9-3-2-4-10(5-9)13(14)19/h2-6,8H,7H2,1H3,(H2,14,19)(H,15,16,18). The Hall–Kier alpha value is -2.21. The zero-order valence-electron chi connectivity index (χ0n) is 10.5. The van der Waals surface area contributed by atoms with Crippen LogP contribution in [-0.2, 0) is 6.54 Å². The van der Waals surface area contributed by atoms with Gasteiger partial charge in [-0.3, -0.25) is 4.79 Å². The molecule has 5 nitrogen and oxygen atoms in total. The van der Waals surface area contributed by atoms with Gasteiger partial charge in [-0.25, -0.2) is 4.98 Å². The van der Waals surface area contributed by atoms with E-state index in [0.717, 1.165) is 11.1 Å².